The Morgan fingerprint density at radius 3 is 2.92 bits per heavy atom. The summed E-state index contributed by atoms with van der Waals surface area (Å²) < 4.78 is 9.78. The molecule has 0 spiro atoms. The lowest BCUT2D eigenvalue weighted by molar-refractivity contribution is -0.139. The summed E-state index contributed by atoms with van der Waals surface area (Å²) in [5, 5.41) is 0.317. The van der Waals surface area contributed by atoms with E-state index in [0.29, 0.717) is 23.8 Å². The van der Waals surface area contributed by atoms with Gasteiger partial charge >= 0.3 is 5.97 Å². The van der Waals surface area contributed by atoms with E-state index < -0.39 is 0 Å². The van der Waals surface area contributed by atoms with Gasteiger partial charge in [0, 0.05) is 10.6 Å². The topological polar surface area (TPSA) is 38.8 Å². The normalized spacial score (nSPS) is 21.1. The molecule has 1 atom stereocenters. The third-order valence-corrected chi connectivity index (χ3v) is 1.61. The monoisotopic (exact) mass is 202 g/mol. The molecule has 72 valence electrons. The minimum absolute atomic E-state index is 0.0935. The smallest absolute Gasteiger partial charge is 0.333 e. The molecule has 0 aromatic heterocycles. The van der Waals surface area contributed by atoms with Gasteiger partial charge in [-0.05, 0) is 13.0 Å². The summed E-state index contributed by atoms with van der Waals surface area (Å²) >= 11 is 5.49. The van der Waals surface area contributed by atoms with E-state index in [2.05, 4.69) is 6.58 Å². The van der Waals surface area contributed by atoms with Crippen LogP contribution in [0.25, 0.3) is 0 Å². The number of hydrogen-bond acceptors (Lipinski definition) is 3. The number of ether oxygens (including phenoxy) is 2. The largest absolute Gasteiger partial charge is 0.459 e. The first-order valence-corrected chi connectivity index (χ1v) is 4.29. The van der Waals surface area contributed by atoms with Crippen molar-refractivity contribution in [2.75, 3.05) is 13.2 Å². The van der Waals surface area contributed by atoms with Crippen molar-refractivity contribution in [1.82, 2.24) is 0 Å². The van der Waals surface area contributed by atoms with Gasteiger partial charge in [0.25, 0.3) is 0 Å². The molecule has 0 saturated carbocycles. The van der Waals surface area contributed by atoms with Crippen LogP contribution in [0.4, 0.5) is 0 Å². The maximum Gasteiger partial charge on any atom is 0.333 e. The molecule has 0 radical (unpaired) electrons. The van der Waals surface area contributed by atoms with E-state index >= 15 is 0 Å². The number of hydrogen-bond donors (Lipinski definition) is 0. The molecule has 1 aliphatic heterocycles. The van der Waals surface area contributed by atoms with Crippen LogP contribution in [0.1, 0.15) is 6.92 Å². The third kappa shape index (κ3) is 4.10. The molecule has 3 nitrogen and oxygen atoms in total. The van der Waals surface area contributed by atoms with Gasteiger partial charge in [-0.1, -0.05) is 18.2 Å². The van der Waals surface area contributed by atoms with Crippen LogP contribution in [0.15, 0.2) is 23.3 Å². The summed E-state index contributed by atoms with van der Waals surface area (Å²) in [5.74, 6) is -0.377. The zero-order valence-electron chi connectivity index (χ0n) is 7.38. The van der Waals surface area contributed by atoms with E-state index in [1.807, 2.05) is 0 Å². The Kier molecular flexibility index (Phi) is 3.51. The van der Waals surface area contributed by atoms with Crippen LogP contribution < -0.4 is 0 Å². The van der Waals surface area contributed by atoms with Crippen LogP contribution in [0.2, 0.25) is 0 Å². The van der Waals surface area contributed by atoms with E-state index in [9.17, 15) is 4.79 Å². The molecule has 0 aliphatic carbocycles. The van der Waals surface area contributed by atoms with Crippen LogP contribution in [0.3, 0.4) is 0 Å². The molecule has 0 amide bonds. The number of allylic oxidation sites excluding steroid dienone is 2. The Morgan fingerprint density at radius 1 is 1.85 bits per heavy atom. The highest BCUT2D eigenvalue weighted by molar-refractivity contribution is 6.31. The Hall–Kier alpha value is -0.800. The molecule has 1 rings (SSSR count). The maximum atomic E-state index is 11.2. The van der Waals surface area contributed by atoms with Crippen molar-refractivity contribution in [3.63, 3.8) is 0 Å². The van der Waals surface area contributed by atoms with E-state index in [4.69, 9.17) is 21.1 Å². The fourth-order valence-corrected chi connectivity index (χ4v) is 0.904. The lowest BCUT2D eigenvalue weighted by Crippen LogP contribution is -2.10. The average molecular weight is 203 g/mol. The lowest BCUT2D eigenvalue weighted by atomic mass is 10.3. The van der Waals surface area contributed by atoms with E-state index in [0.717, 1.165) is 0 Å². The summed E-state index contributed by atoms with van der Waals surface area (Å²) in [6, 6.07) is 0. The van der Waals surface area contributed by atoms with Gasteiger partial charge in [-0.15, -0.1) is 0 Å². The number of epoxide rings is 1. The summed E-state index contributed by atoms with van der Waals surface area (Å²) in [4.78, 5) is 11.2. The molecule has 0 aromatic carbocycles. The molecule has 1 heterocycles. The Morgan fingerprint density at radius 2 is 2.46 bits per heavy atom. The van der Waals surface area contributed by atoms with Crippen molar-refractivity contribution in [1.29, 1.82) is 0 Å². The van der Waals surface area contributed by atoms with Crippen LogP contribution in [-0.4, -0.2) is 25.3 Å². The second-order valence-corrected chi connectivity index (χ2v) is 3.31. The maximum absolute atomic E-state index is 11.2. The number of carbonyl (C=O) groups is 1. The number of rotatable bonds is 4. The van der Waals surface area contributed by atoms with Crippen LogP contribution in [0, 0.1) is 0 Å². The fourth-order valence-electron chi connectivity index (χ4n) is 0.741. The van der Waals surface area contributed by atoms with Gasteiger partial charge in [0.1, 0.15) is 12.7 Å². The van der Waals surface area contributed by atoms with Crippen molar-refractivity contribution < 1.29 is 14.3 Å². The van der Waals surface area contributed by atoms with Crippen LogP contribution in [0.5, 0.6) is 0 Å². The quantitative estimate of drug-likeness (QED) is 0.301. The minimum atomic E-state index is -0.377. The van der Waals surface area contributed by atoms with Crippen molar-refractivity contribution in [2.45, 2.75) is 13.0 Å². The highest BCUT2D eigenvalue weighted by atomic mass is 35.5. The summed E-state index contributed by atoms with van der Waals surface area (Å²) in [5.41, 5.74) is 0.445. The van der Waals surface area contributed by atoms with Crippen molar-refractivity contribution >= 4 is 17.6 Å². The first-order chi connectivity index (χ1) is 6.09. The zero-order chi connectivity index (χ0) is 9.84. The van der Waals surface area contributed by atoms with Gasteiger partial charge in [0.2, 0.25) is 0 Å². The molecule has 1 unspecified atom stereocenters. The van der Waals surface area contributed by atoms with Crippen LogP contribution >= 0.6 is 11.6 Å². The first kappa shape index (κ1) is 10.3. The molecular formula is C9H11ClO3. The van der Waals surface area contributed by atoms with Crippen LogP contribution in [-0.2, 0) is 14.3 Å². The third-order valence-electron chi connectivity index (χ3n) is 1.50. The van der Waals surface area contributed by atoms with Gasteiger partial charge in [0.15, 0.2) is 0 Å². The Balaban J connectivity index is 2.32. The van der Waals surface area contributed by atoms with E-state index in [-0.39, 0.29) is 12.1 Å². The molecule has 0 N–H and O–H groups in total. The fraction of sp³-hybridized carbons (Fsp3) is 0.444. The molecular weight excluding hydrogens is 192 g/mol. The Bertz CT molecular complexity index is 254. The van der Waals surface area contributed by atoms with Crippen molar-refractivity contribution in [2.24, 2.45) is 0 Å². The highest BCUT2D eigenvalue weighted by Gasteiger charge is 2.24. The molecule has 1 aliphatic rings. The average Bonchev–Trinajstić information content (AvgIpc) is 2.81. The molecule has 0 bridgehead atoms. The second kappa shape index (κ2) is 4.44. The summed E-state index contributed by atoms with van der Waals surface area (Å²) in [7, 11) is 0. The number of halogens is 1. The molecule has 0 aromatic rings. The standard InChI is InChI=1S/C9H11ClO3/c1-6(3-7(2)10)9(11)13-5-8-4-12-8/h3,8H,2,4-5H2,1H3. The minimum Gasteiger partial charge on any atom is -0.459 e. The second-order valence-electron chi connectivity index (χ2n) is 2.83. The molecule has 1 fully saturated rings. The highest BCUT2D eigenvalue weighted by Crippen LogP contribution is 2.11. The number of esters is 1. The van der Waals surface area contributed by atoms with Gasteiger partial charge in [0.05, 0.1) is 6.61 Å². The molecule has 1 saturated heterocycles. The first-order valence-electron chi connectivity index (χ1n) is 3.91. The number of carbonyl (C=O) groups excluding carboxylic acids is 1. The lowest BCUT2D eigenvalue weighted by Gasteiger charge is -2.01. The van der Waals surface area contributed by atoms with Gasteiger partial charge < -0.3 is 9.47 Å². The predicted molar refractivity (Wildman–Crippen MR) is 49.4 cm³/mol. The predicted octanol–water partition coefficient (Wildman–Crippen LogP) is 1.63. The SMILES string of the molecule is C=C(Cl)C=C(C)C(=O)OCC1CO1. The van der Waals surface area contributed by atoms with E-state index in [1.54, 1.807) is 6.92 Å². The van der Waals surface area contributed by atoms with Gasteiger partial charge in [-0.25, -0.2) is 4.79 Å². The van der Waals surface area contributed by atoms with Crippen molar-refractivity contribution in [3.8, 4) is 0 Å². The summed E-state index contributed by atoms with van der Waals surface area (Å²) in [6.07, 6.45) is 1.56. The van der Waals surface area contributed by atoms with E-state index in [1.165, 1.54) is 6.08 Å². The van der Waals surface area contributed by atoms with Gasteiger partial charge in [-0.2, -0.15) is 0 Å². The summed E-state index contributed by atoms with van der Waals surface area (Å²) in [6.45, 7) is 6.07. The van der Waals surface area contributed by atoms with Gasteiger partial charge in [-0.3, -0.25) is 0 Å². The van der Waals surface area contributed by atoms with Crippen molar-refractivity contribution in [3.05, 3.63) is 23.3 Å². The zero-order valence-corrected chi connectivity index (χ0v) is 8.13. The molecule has 13 heavy (non-hydrogen) atoms. The Labute approximate surface area is 82.0 Å². The molecule has 4 heteroatoms.